The van der Waals surface area contributed by atoms with Crippen LogP contribution in [0.2, 0.25) is 0 Å². The number of sulfonamides is 1. The normalized spacial score (nSPS) is 15.2. The number of carbonyl (C=O) groups is 2. The Morgan fingerprint density at radius 2 is 1.58 bits per heavy atom. The second-order valence-corrected chi connectivity index (χ2v) is 10.7. The first kappa shape index (κ1) is 25.1. The van der Waals surface area contributed by atoms with Crippen LogP contribution in [0.5, 0.6) is 0 Å². The van der Waals surface area contributed by atoms with E-state index in [9.17, 15) is 18.0 Å². The van der Waals surface area contributed by atoms with Crippen molar-refractivity contribution < 1.29 is 18.0 Å². The SMILES string of the molecule is CCN(CC)S(=O)(=O)c1cc(C(=O)N2CCC(C(=O)c3ccc(C)cc3C)CC2)ccc1C. The van der Waals surface area contributed by atoms with Crippen LogP contribution in [0.3, 0.4) is 0 Å². The maximum absolute atomic E-state index is 13.2. The topological polar surface area (TPSA) is 74.8 Å². The molecule has 7 heteroatoms. The van der Waals surface area contributed by atoms with Crippen LogP contribution in [0.1, 0.15) is 64.1 Å². The molecule has 178 valence electrons. The Labute approximate surface area is 197 Å². The van der Waals surface area contributed by atoms with Gasteiger partial charge in [0.05, 0.1) is 4.90 Å². The van der Waals surface area contributed by atoms with Crippen molar-refractivity contribution in [1.82, 2.24) is 9.21 Å². The van der Waals surface area contributed by atoms with E-state index in [1.807, 2.05) is 32.0 Å². The van der Waals surface area contributed by atoms with E-state index in [0.717, 1.165) is 16.7 Å². The molecule has 0 aliphatic carbocycles. The monoisotopic (exact) mass is 470 g/mol. The molecule has 2 aromatic carbocycles. The molecule has 1 saturated heterocycles. The molecule has 1 amide bonds. The summed E-state index contributed by atoms with van der Waals surface area (Å²) in [7, 11) is -3.66. The summed E-state index contributed by atoms with van der Waals surface area (Å²) in [6.07, 6.45) is 1.21. The molecule has 6 nitrogen and oxygen atoms in total. The minimum Gasteiger partial charge on any atom is -0.339 e. The van der Waals surface area contributed by atoms with Crippen molar-refractivity contribution >= 4 is 21.7 Å². The highest BCUT2D eigenvalue weighted by molar-refractivity contribution is 7.89. The van der Waals surface area contributed by atoms with E-state index in [-0.39, 0.29) is 22.5 Å². The summed E-state index contributed by atoms with van der Waals surface area (Å²) in [6, 6.07) is 10.8. The molecule has 1 aliphatic rings. The average molecular weight is 471 g/mol. The summed E-state index contributed by atoms with van der Waals surface area (Å²) in [4.78, 5) is 28.1. The van der Waals surface area contributed by atoms with Crippen molar-refractivity contribution in [2.75, 3.05) is 26.2 Å². The number of likely N-dealkylation sites (tertiary alicyclic amines) is 1. The van der Waals surface area contributed by atoms with Gasteiger partial charge in [0.15, 0.2) is 5.78 Å². The molecule has 0 spiro atoms. The molecular formula is C26H34N2O4S. The zero-order chi connectivity index (χ0) is 24.3. The van der Waals surface area contributed by atoms with Gasteiger partial charge < -0.3 is 4.90 Å². The van der Waals surface area contributed by atoms with Gasteiger partial charge in [-0.25, -0.2) is 8.42 Å². The van der Waals surface area contributed by atoms with E-state index >= 15 is 0 Å². The van der Waals surface area contributed by atoms with Crippen LogP contribution < -0.4 is 0 Å². The van der Waals surface area contributed by atoms with Gasteiger partial charge in [0.2, 0.25) is 10.0 Å². The third-order valence-electron chi connectivity index (χ3n) is 6.56. The molecule has 1 aliphatic heterocycles. The number of nitrogens with zero attached hydrogens (tertiary/aromatic N) is 2. The molecule has 0 unspecified atom stereocenters. The van der Waals surface area contributed by atoms with Crippen LogP contribution in [-0.4, -0.2) is 55.5 Å². The molecule has 0 bridgehead atoms. The number of hydrogen-bond donors (Lipinski definition) is 0. The van der Waals surface area contributed by atoms with Gasteiger partial charge in [0, 0.05) is 43.2 Å². The van der Waals surface area contributed by atoms with Crippen LogP contribution in [0, 0.1) is 26.7 Å². The fourth-order valence-electron chi connectivity index (χ4n) is 4.55. The number of ketones is 1. The Bertz CT molecular complexity index is 1140. The van der Waals surface area contributed by atoms with Crippen LogP contribution in [-0.2, 0) is 10.0 Å². The summed E-state index contributed by atoms with van der Waals surface area (Å²) >= 11 is 0. The number of amides is 1. The van der Waals surface area contributed by atoms with Crippen LogP contribution in [0.4, 0.5) is 0 Å². The average Bonchev–Trinajstić information content (AvgIpc) is 2.79. The first-order chi connectivity index (χ1) is 15.6. The summed E-state index contributed by atoms with van der Waals surface area (Å²) < 4.78 is 27.5. The standard InChI is InChI=1S/C26H34N2O4S/c1-6-28(7-2)33(31,32)24-17-22(10-9-19(24)4)26(30)27-14-12-21(13-15-27)25(29)23-11-8-18(3)16-20(23)5/h8-11,16-17,21H,6-7,12-15H2,1-5H3. The van der Waals surface area contributed by atoms with E-state index in [1.165, 1.54) is 10.4 Å². The number of rotatable bonds is 7. The second-order valence-electron chi connectivity index (χ2n) is 8.82. The van der Waals surface area contributed by atoms with Crippen LogP contribution >= 0.6 is 0 Å². The van der Waals surface area contributed by atoms with Gasteiger partial charge in [-0.2, -0.15) is 4.31 Å². The highest BCUT2D eigenvalue weighted by Crippen LogP contribution is 2.26. The summed E-state index contributed by atoms with van der Waals surface area (Å²) in [5.41, 5.74) is 3.86. The maximum atomic E-state index is 13.2. The minimum absolute atomic E-state index is 0.105. The Morgan fingerprint density at radius 3 is 2.15 bits per heavy atom. The van der Waals surface area contributed by atoms with E-state index in [0.29, 0.717) is 50.1 Å². The Hall–Kier alpha value is -2.51. The van der Waals surface area contributed by atoms with E-state index in [4.69, 9.17) is 0 Å². The lowest BCUT2D eigenvalue weighted by Gasteiger charge is -2.32. The Balaban J connectivity index is 1.74. The van der Waals surface area contributed by atoms with Gasteiger partial charge in [-0.15, -0.1) is 0 Å². The number of piperidine rings is 1. The highest BCUT2D eigenvalue weighted by atomic mass is 32.2. The van der Waals surface area contributed by atoms with Gasteiger partial charge >= 0.3 is 0 Å². The quantitative estimate of drug-likeness (QED) is 0.563. The Morgan fingerprint density at radius 1 is 0.939 bits per heavy atom. The first-order valence-corrected chi connectivity index (χ1v) is 13.1. The molecule has 0 atom stereocenters. The second kappa shape index (κ2) is 10.2. The third kappa shape index (κ3) is 5.20. The molecule has 1 heterocycles. The fraction of sp³-hybridized carbons (Fsp3) is 0.462. The largest absolute Gasteiger partial charge is 0.339 e. The van der Waals surface area contributed by atoms with Crippen molar-refractivity contribution in [1.29, 1.82) is 0 Å². The maximum Gasteiger partial charge on any atom is 0.253 e. The van der Waals surface area contributed by atoms with Crippen LogP contribution in [0.15, 0.2) is 41.3 Å². The number of carbonyl (C=O) groups excluding carboxylic acids is 2. The van der Waals surface area contributed by atoms with Crippen molar-refractivity contribution in [3.8, 4) is 0 Å². The predicted molar refractivity (Wildman–Crippen MR) is 130 cm³/mol. The molecule has 0 saturated carbocycles. The fourth-order valence-corrected chi connectivity index (χ4v) is 6.26. The van der Waals surface area contributed by atoms with Gasteiger partial charge in [-0.3, -0.25) is 9.59 Å². The van der Waals surface area contributed by atoms with Gasteiger partial charge in [-0.05, 0) is 56.9 Å². The van der Waals surface area contributed by atoms with E-state index in [1.54, 1.807) is 37.8 Å². The molecule has 2 aromatic rings. The molecule has 0 N–H and O–H groups in total. The van der Waals surface area contributed by atoms with Gasteiger partial charge in [-0.1, -0.05) is 43.7 Å². The van der Waals surface area contributed by atoms with Crippen molar-refractivity contribution in [3.05, 3.63) is 64.2 Å². The highest BCUT2D eigenvalue weighted by Gasteiger charge is 2.30. The molecular weight excluding hydrogens is 436 g/mol. The molecule has 33 heavy (non-hydrogen) atoms. The minimum atomic E-state index is -3.66. The first-order valence-electron chi connectivity index (χ1n) is 11.6. The number of Topliss-reactive ketones (excluding diaryl/α,β-unsaturated/α-hetero) is 1. The molecule has 3 rings (SSSR count). The molecule has 1 fully saturated rings. The third-order valence-corrected chi connectivity index (χ3v) is 8.75. The lowest BCUT2D eigenvalue weighted by atomic mass is 9.87. The lowest BCUT2D eigenvalue weighted by molar-refractivity contribution is 0.0650. The van der Waals surface area contributed by atoms with Crippen molar-refractivity contribution in [2.45, 2.75) is 52.4 Å². The summed E-state index contributed by atoms with van der Waals surface area (Å²) in [6.45, 7) is 11.0. The van der Waals surface area contributed by atoms with Gasteiger partial charge in [0.25, 0.3) is 5.91 Å². The molecule has 0 radical (unpaired) electrons. The zero-order valence-corrected chi connectivity index (χ0v) is 21.0. The summed E-state index contributed by atoms with van der Waals surface area (Å²) in [5, 5.41) is 0. The van der Waals surface area contributed by atoms with Crippen molar-refractivity contribution in [2.24, 2.45) is 5.92 Å². The van der Waals surface area contributed by atoms with E-state index in [2.05, 4.69) is 0 Å². The zero-order valence-electron chi connectivity index (χ0n) is 20.2. The number of hydrogen-bond acceptors (Lipinski definition) is 4. The smallest absolute Gasteiger partial charge is 0.253 e. The predicted octanol–water partition coefficient (Wildman–Crippen LogP) is 4.38. The van der Waals surface area contributed by atoms with Crippen LogP contribution in [0.25, 0.3) is 0 Å². The number of aryl methyl sites for hydroxylation is 3. The van der Waals surface area contributed by atoms with Gasteiger partial charge in [0.1, 0.15) is 0 Å². The lowest BCUT2D eigenvalue weighted by Crippen LogP contribution is -2.40. The summed E-state index contributed by atoms with van der Waals surface area (Å²) in [5.74, 6) is -0.155. The Kier molecular flexibility index (Phi) is 7.75. The van der Waals surface area contributed by atoms with E-state index < -0.39 is 10.0 Å². The van der Waals surface area contributed by atoms with Crippen molar-refractivity contribution in [3.63, 3.8) is 0 Å². The molecule has 0 aromatic heterocycles. The number of benzene rings is 2.